The largest absolute Gasteiger partial charge is 0.497 e. The quantitative estimate of drug-likeness (QED) is 0.396. The highest BCUT2D eigenvalue weighted by Crippen LogP contribution is 2.30. The predicted molar refractivity (Wildman–Crippen MR) is 130 cm³/mol. The maximum Gasteiger partial charge on any atom is 0.251 e. The van der Waals surface area contributed by atoms with Crippen molar-refractivity contribution in [1.29, 1.82) is 0 Å². The molecule has 0 bridgehead atoms. The summed E-state index contributed by atoms with van der Waals surface area (Å²) in [4.78, 5) is 29.8. The van der Waals surface area contributed by atoms with Gasteiger partial charge in [-0.15, -0.1) is 10.2 Å². The number of hydrogen-bond donors (Lipinski definition) is 1. The van der Waals surface area contributed by atoms with Crippen LogP contribution in [0.2, 0.25) is 0 Å². The topological polar surface area (TPSA) is 129 Å². The molecular formula is C25H28N6O5. The predicted octanol–water partition coefficient (Wildman–Crippen LogP) is 3.53. The molecule has 0 saturated heterocycles. The molecule has 4 rings (SSSR count). The highest BCUT2D eigenvalue weighted by atomic mass is 16.5. The number of benzene rings is 1. The summed E-state index contributed by atoms with van der Waals surface area (Å²) in [5.74, 6) is 1.45. The fourth-order valence-corrected chi connectivity index (χ4v) is 3.60. The van der Waals surface area contributed by atoms with Crippen LogP contribution in [-0.4, -0.2) is 44.7 Å². The van der Waals surface area contributed by atoms with Gasteiger partial charge in [0.25, 0.3) is 11.8 Å². The van der Waals surface area contributed by atoms with Gasteiger partial charge in [0.15, 0.2) is 11.8 Å². The minimum absolute atomic E-state index is 0.250. The highest BCUT2D eigenvalue weighted by molar-refractivity contribution is 6.01. The number of methoxy groups -OCH3 is 1. The zero-order valence-corrected chi connectivity index (χ0v) is 20.8. The van der Waals surface area contributed by atoms with Crippen molar-refractivity contribution < 1.29 is 23.2 Å². The Bertz CT molecular complexity index is 1320. The van der Waals surface area contributed by atoms with E-state index in [1.807, 2.05) is 27.7 Å². The first kappa shape index (κ1) is 24.7. The van der Waals surface area contributed by atoms with Crippen molar-refractivity contribution >= 4 is 17.5 Å². The lowest BCUT2D eigenvalue weighted by Gasteiger charge is -2.32. The van der Waals surface area contributed by atoms with Crippen LogP contribution in [0.1, 0.15) is 38.3 Å². The minimum atomic E-state index is -1.09. The zero-order valence-electron chi connectivity index (χ0n) is 20.8. The number of aromatic nitrogens is 4. The molecule has 3 heterocycles. The van der Waals surface area contributed by atoms with Crippen molar-refractivity contribution in [1.82, 2.24) is 25.5 Å². The molecule has 0 aliphatic rings. The Hall–Kier alpha value is -4.41. The van der Waals surface area contributed by atoms with Crippen LogP contribution in [0.5, 0.6) is 5.75 Å². The molecule has 0 saturated carbocycles. The maximum absolute atomic E-state index is 13.7. The zero-order chi connectivity index (χ0) is 25.9. The van der Waals surface area contributed by atoms with E-state index in [2.05, 4.69) is 20.7 Å². The number of amides is 2. The lowest BCUT2D eigenvalue weighted by molar-refractivity contribution is -0.128. The second-order valence-electron chi connectivity index (χ2n) is 9.17. The molecule has 1 aromatic carbocycles. The number of hydrogen-bond acceptors (Lipinski definition) is 8. The second-order valence-corrected chi connectivity index (χ2v) is 9.17. The third-order valence-electron chi connectivity index (χ3n) is 5.13. The van der Waals surface area contributed by atoms with Crippen LogP contribution >= 0.6 is 0 Å². The van der Waals surface area contributed by atoms with Gasteiger partial charge in [0.2, 0.25) is 5.82 Å². The first-order valence-electron chi connectivity index (χ1n) is 11.3. The van der Waals surface area contributed by atoms with Gasteiger partial charge in [-0.1, -0.05) is 0 Å². The van der Waals surface area contributed by atoms with Crippen molar-refractivity contribution in [2.75, 3.05) is 12.0 Å². The molecule has 0 aliphatic carbocycles. The number of rotatable bonds is 8. The van der Waals surface area contributed by atoms with E-state index in [1.54, 1.807) is 55.6 Å². The van der Waals surface area contributed by atoms with Crippen molar-refractivity contribution in [2.24, 2.45) is 0 Å². The fourth-order valence-electron chi connectivity index (χ4n) is 3.60. The average Bonchev–Trinajstić information content (AvgIpc) is 3.58. The molecule has 0 unspecified atom stereocenters. The smallest absolute Gasteiger partial charge is 0.251 e. The number of carbonyl (C=O) groups is 2. The molecule has 3 aromatic heterocycles. The van der Waals surface area contributed by atoms with Crippen molar-refractivity contribution in [3.8, 4) is 17.3 Å². The molecule has 4 aromatic rings. The molecule has 0 radical (unpaired) electrons. The van der Waals surface area contributed by atoms with Gasteiger partial charge in [0.1, 0.15) is 23.8 Å². The first-order chi connectivity index (χ1) is 17.1. The van der Waals surface area contributed by atoms with Crippen molar-refractivity contribution in [3.05, 3.63) is 66.3 Å². The summed E-state index contributed by atoms with van der Waals surface area (Å²) in [6.45, 7) is 7.11. The first-order valence-corrected chi connectivity index (χ1v) is 11.3. The van der Waals surface area contributed by atoms with Gasteiger partial charge in [0, 0.05) is 11.2 Å². The third kappa shape index (κ3) is 5.62. The van der Waals surface area contributed by atoms with Gasteiger partial charge in [-0.25, -0.2) is 0 Å². The summed E-state index contributed by atoms with van der Waals surface area (Å²) in [5, 5.41) is 15.2. The van der Waals surface area contributed by atoms with Gasteiger partial charge < -0.3 is 18.9 Å². The standard InChI is InChI=1S/C25H28N6O5/c1-16-8-13-20(36-16)23-27-29-30(28-23)15-21(32)31(17-9-11-18(34-5)12-10-17)22(19-7-6-14-35-19)24(33)26-25(2,3)4/h6-14,22H,15H2,1-5H3,(H,26,33)/t22-/m1/s1. The summed E-state index contributed by atoms with van der Waals surface area (Å²) in [5.41, 5.74) is -0.0756. The highest BCUT2D eigenvalue weighted by Gasteiger charge is 2.36. The Morgan fingerprint density at radius 1 is 1.14 bits per heavy atom. The summed E-state index contributed by atoms with van der Waals surface area (Å²) in [7, 11) is 1.55. The molecule has 11 heteroatoms. The molecule has 36 heavy (non-hydrogen) atoms. The molecular weight excluding hydrogens is 464 g/mol. The Morgan fingerprint density at radius 3 is 2.47 bits per heavy atom. The van der Waals surface area contributed by atoms with Crippen LogP contribution in [0.3, 0.4) is 0 Å². The average molecular weight is 493 g/mol. The van der Waals surface area contributed by atoms with Crippen LogP contribution in [0.25, 0.3) is 11.6 Å². The second kappa shape index (κ2) is 10.1. The third-order valence-corrected chi connectivity index (χ3v) is 5.13. The fraction of sp³-hybridized carbons (Fsp3) is 0.320. The van der Waals surface area contributed by atoms with Crippen LogP contribution in [-0.2, 0) is 16.1 Å². The van der Waals surface area contributed by atoms with Gasteiger partial charge in [-0.3, -0.25) is 14.5 Å². The van der Waals surface area contributed by atoms with Crippen LogP contribution in [0.15, 0.2) is 63.6 Å². The lowest BCUT2D eigenvalue weighted by atomic mass is 10.1. The Balaban J connectivity index is 1.71. The van der Waals surface area contributed by atoms with Crippen molar-refractivity contribution in [2.45, 2.75) is 45.8 Å². The van der Waals surface area contributed by atoms with Crippen LogP contribution < -0.4 is 15.0 Å². The summed E-state index contributed by atoms with van der Waals surface area (Å²) in [6.07, 6.45) is 1.46. The lowest BCUT2D eigenvalue weighted by Crippen LogP contribution is -2.50. The van der Waals surface area contributed by atoms with Crippen LogP contribution in [0.4, 0.5) is 5.69 Å². The number of furan rings is 2. The molecule has 0 spiro atoms. The molecule has 0 aliphatic heterocycles. The van der Waals surface area contributed by atoms with Gasteiger partial charge in [-0.2, -0.15) is 4.80 Å². The van der Waals surface area contributed by atoms with Crippen LogP contribution in [0, 0.1) is 6.92 Å². The molecule has 1 N–H and O–H groups in total. The number of anilines is 1. The van der Waals surface area contributed by atoms with E-state index in [9.17, 15) is 9.59 Å². The Morgan fingerprint density at radius 2 is 1.89 bits per heavy atom. The minimum Gasteiger partial charge on any atom is -0.497 e. The van der Waals surface area contributed by atoms with E-state index < -0.39 is 23.4 Å². The number of aryl methyl sites for hydroxylation is 1. The SMILES string of the molecule is COc1ccc(N(C(=O)Cn2nnc(-c3ccc(C)o3)n2)[C@@H](C(=O)NC(C)(C)C)c2ccco2)cc1. The van der Waals surface area contributed by atoms with E-state index in [1.165, 1.54) is 11.2 Å². The molecule has 2 amide bonds. The number of ether oxygens (including phenoxy) is 1. The Kier molecular flexibility index (Phi) is 6.91. The monoisotopic (exact) mass is 492 g/mol. The molecule has 11 nitrogen and oxygen atoms in total. The molecule has 0 fully saturated rings. The summed E-state index contributed by atoms with van der Waals surface area (Å²) < 4.78 is 16.4. The Labute approximate surface area is 208 Å². The van der Waals surface area contributed by atoms with Gasteiger partial charge in [0.05, 0.1) is 13.4 Å². The van der Waals surface area contributed by atoms with E-state index >= 15 is 0 Å². The summed E-state index contributed by atoms with van der Waals surface area (Å²) >= 11 is 0. The van der Waals surface area contributed by atoms with E-state index in [-0.39, 0.29) is 12.4 Å². The maximum atomic E-state index is 13.7. The van der Waals surface area contributed by atoms with E-state index in [0.29, 0.717) is 28.7 Å². The van der Waals surface area contributed by atoms with E-state index in [0.717, 1.165) is 4.80 Å². The normalized spacial score (nSPS) is 12.2. The van der Waals surface area contributed by atoms with Crippen molar-refractivity contribution in [3.63, 3.8) is 0 Å². The number of carbonyl (C=O) groups excluding carboxylic acids is 2. The van der Waals surface area contributed by atoms with Gasteiger partial charge >= 0.3 is 0 Å². The molecule has 1 atom stereocenters. The number of tetrazole rings is 1. The number of nitrogens with one attached hydrogen (secondary N) is 1. The van der Waals surface area contributed by atoms with E-state index in [4.69, 9.17) is 13.6 Å². The van der Waals surface area contributed by atoms with Gasteiger partial charge in [-0.05, 0) is 81.4 Å². The number of nitrogens with zero attached hydrogens (tertiary/aromatic N) is 5. The summed E-state index contributed by atoms with van der Waals surface area (Å²) in [6, 6.07) is 12.6. The molecule has 188 valence electrons.